The van der Waals surface area contributed by atoms with Crippen LogP contribution in [0.4, 0.5) is 0 Å². The van der Waals surface area contributed by atoms with Crippen molar-refractivity contribution in [2.75, 3.05) is 0 Å². The van der Waals surface area contributed by atoms with Crippen LogP contribution < -0.4 is 0 Å². The first-order valence-corrected chi connectivity index (χ1v) is 6.76. The lowest BCUT2D eigenvalue weighted by molar-refractivity contribution is -0.113. The van der Waals surface area contributed by atoms with Crippen molar-refractivity contribution in [3.63, 3.8) is 0 Å². The highest BCUT2D eigenvalue weighted by atomic mass is 16.1. The smallest absolute Gasteiger partial charge is 0.123 e. The van der Waals surface area contributed by atoms with Crippen LogP contribution in [0.5, 0.6) is 0 Å². The Kier molecular flexibility index (Phi) is 3.51. The summed E-state index contributed by atoms with van der Waals surface area (Å²) >= 11 is 0. The quantitative estimate of drug-likeness (QED) is 0.510. The van der Waals surface area contributed by atoms with Crippen molar-refractivity contribution >= 4 is 6.29 Å². The van der Waals surface area contributed by atoms with Crippen molar-refractivity contribution in [2.24, 2.45) is 29.6 Å². The van der Waals surface area contributed by atoms with Crippen molar-refractivity contribution in [2.45, 2.75) is 46.5 Å². The molecule has 2 aliphatic carbocycles. The Hall–Kier alpha value is -0.590. The fraction of sp³-hybridized carbons (Fsp3) is 0.800. The van der Waals surface area contributed by atoms with E-state index in [0.29, 0.717) is 11.8 Å². The number of rotatable bonds is 2. The topological polar surface area (TPSA) is 17.1 Å². The van der Waals surface area contributed by atoms with E-state index >= 15 is 0 Å². The van der Waals surface area contributed by atoms with Crippen LogP contribution in [-0.2, 0) is 4.79 Å². The number of allylic oxidation sites excluding steroid dienone is 2. The molecule has 0 N–H and O–H groups in total. The molecule has 1 heteroatoms. The summed E-state index contributed by atoms with van der Waals surface area (Å²) in [4.78, 5) is 11.0. The van der Waals surface area contributed by atoms with Crippen LogP contribution >= 0.6 is 0 Å². The molecule has 0 aromatic rings. The molecule has 0 aromatic carbocycles. The van der Waals surface area contributed by atoms with Gasteiger partial charge in [-0.25, -0.2) is 0 Å². The maximum absolute atomic E-state index is 11.0. The highest BCUT2D eigenvalue weighted by Crippen LogP contribution is 2.47. The fourth-order valence-corrected chi connectivity index (χ4v) is 3.80. The third-order valence-corrected chi connectivity index (χ3v) is 4.91. The van der Waals surface area contributed by atoms with Gasteiger partial charge in [-0.05, 0) is 49.9 Å². The third kappa shape index (κ3) is 2.09. The van der Waals surface area contributed by atoms with Gasteiger partial charge in [0.2, 0.25) is 0 Å². The molecule has 1 saturated carbocycles. The Balaban J connectivity index is 2.21. The average molecular weight is 220 g/mol. The number of carbonyl (C=O) groups excluding carboxylic acids is 1. The Morgan fingerprint density at radius 2 is 2.12 bits per heavy atom. The van der Waals surface area contributed by atoms with E-state index in [1.54, 1.807) is 5.57 Å². The highest BCUT2D eigenvalue weighted by Gasteiger charge is 2.39. The van der Waals surface area contributed by atoms with Gasteiger partial charge in [0.1, 0.15) is 6.29 Å². The molecular weight excluding hydrogens is 196 g/mol. The van der Waals surface area contributed by atoms with Crippen LogP contribution in [0.15, 0.2) is 11.6 Å². The molecule has 2 rings (SSSR count). The molecule has 90 valence electrons. The lowest BCUT2D eigenvalue weighted by Gasteiger charge is -2.44. The van der Waals surface area contributed by atoms with Gasteiger partial charge in [-0.2, -0.15) is 0 Å². The van der Waals surface area contributed by atoms with E-state index in [2.05, 4.69) is 26.8 Å². The Morgan fingerprint density at radius 1 is 1.38 bits per heavy atom. The van der Waals surface area contributed by atoms with Crippen molar-refractivity contribution in [3.8, 4) is 0 Å². The van der Waals surface area contributed by atoms with Crippen LogP contribution in [0, 0.1) is 29.6 Å². The van der Waals surface area contributed by atoms with Crippen molar-refractivity contribution in [1.29, 1.82) is 0 Å². The molecule has 0 aromatic heterocycles. The normalized spacial score (nSPS) is 40.8. The predicted octanol–water partition coefficient (Wildman–Crippen LogP) is 3.84. The molecule has 0 radical (unpaired) electrons. The summed E-state index contributed by atoms with van der Waals surface area (Å²) in [5.41, 5.74) is 1.54. The summed E-state index contributed by atoms with van der Waals surface area (Å²) in [6.45, 7) is 6.74. The van der Waals surface area contributed by atoms with Crippen LogP contribution in [0.3, 0.4) is 0 Å². The minimum Gasteiger partial charge on any atom is -0.303 e. The van der Waals surface area contributed by atoms with Gasteiger partial charge in [-0.15, -0.1) is 0 Å². The van der Waals surface area contributed by atoms with Gasteiger partial charge in [-0.3, -0.25) is 0 Å². The molecule has 16 heavy (non-hydrogen) atoms. The second kappa shape index (κ2) is 4.73. The van der Waals surface area contributed by atoms with Crippen molar-refractivity contribution in [3.05, 3.63) is 11.6 Å². The number of carbonyl (C=O) groups is 1. The van der Waals surface area contributed by atoms with Crippen LogP contribution in [0.25, 0.3) is 0 Å². The number of fused-ring (bicyclic) bond motifs is 1. The number of hydrogen-bond acceptors (Lipinski definition) is 1. The zero-order valence-corrected chi connectivity index (χ0v) is 10.8. The first kappa shape index (κ1) is 11.9. The monoisotopic (exact) mass is 220 g/mol. The molecule has 0 bridgehead atoms. The summed E-state index contributed by atoms with van der Waals surface area (Å²) in [6.07, 6.45) is 8.82. The molecule has 1 nitrogen and oxygen atoms in total. The Bertz CT molecular complexity index is 292. The molecule has 0 heterocycles. The van der Waals surface area contributed by atoms with Crippen LogP contribution in [0.2, 0.25) is 0 Å². The number of aldehydes is 1. The van der Waals surface area contributed by atoms with E-state index < -0.39 is 0 Å². The van der Waals surface area contributed by atoms with E-state index in [1.165, 1.54) is 25.7 Å². The molecule has 2 aliphatic rings. The summed E-state index contributed by atoms with van der Waals surface area (Å²) in [6, 6.07) is 0. The second-order valence-corrected chi connectivity index (χ2v) is 6.01. The minimum atomic E-state index is 0.238. The molecule has 1 fully saturated rings. The Morgan fingerprint density at radius 3 is 2.81 bits per heavy atom. The summed E-state index contributed by atoms with van der Waals surface area (Å²) < 4.78 is 0. The molecule has 0 spiro atoms. The Labute approximate surface area is 99.3 Å². The van der Waals surface area contributed by atoms with Gasteiger partial charge >= 0.3 is 0 Å². The first-order valence-electron chi connectivity index (χ1n) is 6.76. The zero-order chi connectivity index (χ0) is 11.7. The third-order valence-electron chi connectivity index (χ3n) is 4.91. The number of hydrogen-bond donors (Lipinski definition) is 0. The van der Waals surface area contributed by atoms with Crippen LogP contribution in [-0.4, -0.2) is 6.29 Å². The van der Waals surface area contributed by atoms with Gasteiger partial charge in [-0.1, -0.05) is 31.9 Å². The van der Waals surface area contributed by atoms with Gasteiger partial charge < -0.3 is 4.79 Å². The molecule has 1 unspecified atom stereocenters. The molecular formula is C15H24O. The van der Waals surface area contributed by atoms with E-state index in [1.807, 2.05) is 0 Å². The lowest BCUT2D eigenvalue weighted by atomic mass is 9.60. The lowest BCUT2D eigenvalue weighted by Crippen LogP contribution is -2.37. The van der Waals surface area contributed by atoms with Gasteiger partial charge in [0, 0.05) is 5.92 Å². The van der Waals surface area contributed by atoms with Crippen molar-refractivity contribution in [1.82, 2.24) is 0 Å². The second-order valence-electron chi connectivity index (χ2n) is 6.01. The van der Waals surface area contributed by atoms with Crippen LogP contribution in [0.1, 0.15) is 46.5 Å². The van der Waals surface area contributed by atoms with Gasteiger partial charge in [0.05, 0.1) is 0 Å². The maximum Gasteiger partial charge on any atom is 0.123 e. The largest absolute Gasteiger partial charge is 0.303 e. The summed E-state index contributed by atoms with van der Waals surface area (Å²) in [7, 11) is 0. The fourth-order valence-electron chi connectivity index (χ4n) is 3.80. The predicted molar refractivity (Wildman–Crippen MR) is 67.1 cm³/mol. The summed E-state index contributed by atoms with van der Waals surface area (Å²) in [5, 5.41) is 0. The molecule has 0 aliphatic heterocycles. The highest BCUT2D eigenvalue weighted by molar-refractivity contribution is 5.53. The van der Waals surface area contributed by atoms with Gasteiger partial charge in [0.15, 0.2) is 0 Å². The minimum absolute atomic E-state index is 0.238. The van der Waals surface area contributed by atoms with E-state index in [4.69, 9.17) is 0 Å². The first-order chi connectivity index (χ1) is 7.63. The van der Waals surface area contributed by atoms with E-state index in [0.717, 1.165) is 18.1 Å². The average Bonchev–Trinajstić information content (AvgIpc) is 2.28. The molecule has 0 saturated heterocycles. The summed E-state index contributed by atoms with van der Waals surface area (Å²) in [5.74, 6) is 3.21. The van der Waals surface area contributed by atoms with Gasteiger partial charge in [0.25, 0.3) is 0 Å². The standard InChI is InChI=1S/C15H24O/c1-10-4-6-13-11(2)5-7-14(12(3)9-16)15(13)8-10/h8-9,11-15H,4-7H2,1-3H3/t11-,12?,13+,14+,15+/m1/s1. The molecule has 0 amide bonds. The van der Waals surface area contributed by atoms with E-state index in [-0.39, 0.29) is 5.92 Å². The van der Waals surface area contributed by atoms with Crippen molar-refractivity contribution < 1.29 is 4.79 Å². The maximum atomic E-state index is 11.0. The zero-order valence-electron chi connectivity index (χ0n) is 10.8. The SMILES string of the molecule is CC1=C[C@H]2[C@@H](CC1)[C@H](C)CC[C@H]2C(C)C=O. The van der Waals surface area contributed by atoms with E-state index in [9.17, 15) is 4.79 Å². The molecule has 5 atom stereocenters.